The van der Waals surface area contributed by atoms with Crippen molar-refractivity contribution in [1.29, 1.82) is 0 Å². The first kappa shape index (κ1) is 18.9. The average molecular weight is 339 g/mol. The summed E-state index contributed by atoms with van der Waals surface area (Å²) in [5.74, 6) is -0.162. The second-order valence-corrected chi connectivity index (χ2v) is 6.03. The summed E-state index contributed by atoms with van der Waals surface area (Å²) in [6, 6.07) is 19.5. The quantitative estimate of drug-likeness (QED) is 0.691. The molecule has 0 saturated carbocycles. The Morgan fingerprint density at radius 2 is 1.72 bits per heavy atom. The molecule has 0 saturated heterocycles. The zero-order valence-electron chi connectivity index (χ0n) is 14.5. The summed E-state index contributed by atoms with van der Waals surface area (Å²) in [7, 11) is 0. The summed E-state index contributed by atoms with van der Waals surface area (Å²) in [6.07, 6.45) is 3.46. The van der Waals surface area contributed by atoms with E-state index in [0.29, 0.717) is 13.0 Å². The lowest BCUT2D eigenvalue weighted by Gasteiger charge is -2.19. The van der Waals surface area contributed by atoms with Gasteiger partial charge in [0.05, 0.1) is 25.4 Å². The zero-order valence-corrected chi connectivity index (χ0v) is 14.5. The molecule has 0 aliphatic rings. The molecule has 0 heterocycles. The van der Waals surface area contributed by atoms with E-state index in [9.17, 15) is 9.90 Å². The van der Waals surface area contributed by atoms with Crippen LogP contribution in [0.4, 0.5) is 0 Å². The minimum atomic E-state index is -0.522. The number of aliphatic hydroxyl groups is 1. The molecule has 25 heavy (non-hydrogen) atoms. The molecule has 0 spiro atoms. The fourth-order valence-corrected chi connectivity index (χ4v) is 2.42. The first-order chi connectivity index (χ1) is 12.1. The molecule has 2 rings (SSSR count). The van der Waals surface area contributed by atoms with Crippen LogP contribution in [-0.2, 0) is 16.0 Å². The number of hydrogen-bond donors (Lipinski definition) is 2. The Labute approximate surface area is 149 Å². The Kier molecular flexibility index (Phi) is 7.89. The van der Waals surface area contributed by atoms with Gasteiger partial charge in [-0.3, -0.25) is 4.79 Å². The fourth-order valence-electron chi connectivity index (χ4n) is 2.42. The van der Waals surface area contributed by atoms with Crippen LogP contribution in [0.1, 0.15) is 18.1 Å². The molecule has 2 atom stereocenters. The van der Waals surface area contributed by atoms with Crippen molar-refractivity contribution < 1.29 is 14.6 Å². The van der Waals surface area contributed by atoms with Crippen molar-refractivity contribution in [3.05, 3.63) is 77.9 Å². The van der Waals surface area contributed by atoms with Crippen molar-refractivity contribution in [2.45, 2.75) is 25.5 Å². The van der Waals surface area contributed by atoms with E-state index in [2.05, 4.69) is 5.32 Å². The Morgan fingerprint density at radius 3 is 2.36 bits per heavy atom. The minimum absolute atomic E-state index is 0.158. The van der Waals surface area contributed by atoms with Crippen LogP contribution in [-0.4, -0.2) is 36.4 Å². The van der Waals surface area contributed by atoms with Crippen molar-refractivity contribution in [1.82, 2.24) is 5.32 Å². The van der Waals surface area contributed by atoms with Gasteiger partial charge in [-0.05, 0) is 30.5 Å². The average Bonchev–Trinajstić information content (AvgIpc) is 2.61. The van der Waals surface area contributed by atoms with Crippen LogP contribution in [0.15, 0.2) is 66.7 Å². The number of aliphatic hydroxyl groups excluding tert-OH is 1. The predicted octanol–water partition coefficient (Wildman–Crippen LogP) is 2.82. The second kappa shape index (κ2) is 10.4. The first-order valence-corrected chi connectivity index (χ1v) is 8.47. The van der Waals surface area contributed by atoms with Crippen molar-refractivity contribution in [3.8, 4) is 0 Å². The van der Waals surface area contributed by atoms with Gasteiger partial charge in [0.25, 0.3) is 0 Å². The highest BCUT2D eigenvalue weighted by Gasteiger charge is 2.12. The van der Waals surface area contributed by atoms with Crippen LogP contribution < -0.4 is 5.32 Å². The second-order valence-electron chi connectivity index (χ2n) is 6.03. The molecule has 2 N–H and O–H groups in total. The molecule has 2 aromatic rings. The topological polar surface area (TPSA) is 58.6 Å². The predicted molar refractivity (Wildman–Crippen MR) is 100 cm³/mol. The number of hydrogen-bond acceptors (Lipinski definition) is 3. The highest BCUT2D eigenvalue weighted by Crippen LogP contribution is 2.05. The van der Waals surface area contributed by atoms with E-state index in [1.165, 1.54) is 6.08 Å². The number of nitrogens with one attached hydrogen (secondary N) is 1. The van der Waals surface area contributed by atoms with Gasteiger partial charge in [-0.15, -0.1) is 0 Å². The summed E-state index contributed by atoms with van der Waals surface area (Å²) in [6.45, 7) is 2.28. The Bertz CT molecular complexity index is 653. The van der Waals surface area contributed by atoms with Gasteiger partial charge in [-0.2, -0.15) is 0 Å². The van der Waals surface area contributed by atoms with Crippen LogP contribution in [0, 0.1) is 0 Å². The number of benzene rings is 2. The molecule has 0 aliphatic heterocycles. The van der Waals surface area contributed by atoms with E-state index < -0.39 is 6.10 Å². The molecule has 1 amide bonds. The molecule has 0 fully saturated rings. The monoisotopic (exact) mass is 339 g/mol. The van der Waals surface area contributed by atoms with Crippen LogP contribution >= 0.6 is 0 Å². The van der Waals surface area contributed by atoms with E-state index in [4.69, 9.17) is 4.74 Å². The maximum Gasteiger partial charge on any atom is 0.244 e. The highest BCUT2D eigenvalue weighted by molar-refractivity contribution is 5.91. The summed E-state index contributed by atoms with van der Waals surface area (Å²) >= 11 is 0. The summed E-state index contributed by atoms with van der Waals surface area (Å²) in [4.78, 5) is 12.2. The maximum absolute atomic E-state index is 12.2. The van der Waals surface area contributed by atoms with Crippen LogP contribution in [0.25, 0.3) is 6.08 Å². The minimum Gasteiger partial charge on any atom is -0.391 e. The first-order valence-electron chi connectivity index (χ1n) is 8.47. The normalized spacial score (nSPS) is 13.5. The number of carbonyl (C=O) groups excluding carboxylic acids is 1. The van der Waals surface area contributed by atoms with Crippen LogP contribution in [0.3, 0.4) is 0 Å². The lowest BCUT2D eigenvalue weighted by Crippen LogP contribution is -2.39. The number of ether oxygens (including phenoxy) is 1. The SMILES string of the molecule is CC(O)COCC(Cc1ccccc1)NC(=O)/C=C/c1ccccc1. The highest BCUT2D eigenvalue weighted by atomic mass is 16.5. The fraction of sp³-hybridized carbons (Fsp3) is 0.286. The van der Waals surface area contributed by atoms with Gasteiger partial charge in [0.1, 0.15) is 0 Å². The lowest BCUT2D eigenvalue weighted by molar-refractivity contribution is -0.117. The summed E-state index contributed by atoms with van der Waals surface area (Å²) in [5, 5.41) is 12.3. The number of rotatable bonds is 9. The van der Waals surface area contributed by atoms with Gasteiger partial charge in [-0.1, -0.05) is 60.7 Å². The Balaban J connectivity index is 1.93. The van der Waals surface area contributed by atoms with Crippen molar-refractivity contribution in [2.75, 3.05) is 13.2 Å². The van der Waals surface area contributed by atoms with Crippen molar-refractivity contribution >= 4 is 12.0 Å². The molecule has 0 bridgehead atoms. The van der Waals surface area contributed by atoms with Gasteiger partial charge in [0.2, 0.25) is 5.91 Å². The Hall–Kier alpha value is -2.43. The zero-order chi connectivity index (χ0) is 17.9. The van der Waals surface area contributed by atoms with E-state index in [-0.39, 0.29) is 18.6 Å². The molecule has 4 heteroatoms. The molecule has 0 aliphatic carbocycles. The maximum atomic E-state index is 12.2. The van der Waals surface area contributed by atoms with E-state index in [1.54, 1.807) is 13.0 Å². The van der Waals surface area contributed by atoms with Crippen molar-refractivity contribution in [2.24, 2.45) is 0 Å². The molecular formula is C21H25NO3. The third-order valence-electron chi connectivity index (χ3n) is 3.58. The van der Waals surface area contributed by atoms with Crippen LogP contribution in [0.5, 0.6) is 0 Å². The molecule has 2 unspecified atom stereocenters. The largest absolute Gasteiger partial charge is 0.391 e. The van der Waals surface area contributed by atoms with E-state index in [1.807, 2.05) is 60.7 Å². The van der Waals surface area contributed by atoms with Gasteiger partial charge in [-0.25, -0.2) is 0 Å². The van der Waals surface area contributed by atoms with E-state index in [0.717, 1.165) is 11.1 Å². The van der Waals surface area contributed by atoms with Gasteiger partial charge < -0.3 is 15.2 Å². The molecule has 132 valence electrons. The molecular weight excluding hydrogens is 314 g/mol. The van der Waals surface area contributed by atoms with Gasteiger partial charge >= 0.3 is 0 Å². The third-order valence-corrected chi connectivity index (χ3v) is 3.58. The van der Waals surface area contributed by atoms with Gasteiger partial charge in [0.15, 0.2) is 0 Å². The van der Waals surface area contributed by atoms with Crippen LogP contribution in [0.2, 0.25) is 0 Å². The standard InChI is InChI=1S/C21H25NO3/c1-17(23)15-25-16-20(14-19-10-6-3-7-11-19)22-21(24)13-12-18-8-4-2-5-9-18/h2-13,17,20,23H,14-16H2,1H3,(H,22,24)/b13-12+. The van der Waals surface area contributed by atoms with E-state index >= 15 is 0 Å². The van der Waals surface area contributed by atoms with Gasteiger partial charge in [0, 0.05) is 6.08 Å². The molecule has 2 aromatic carbocycles. The van der Waals surface area contributed by atoms with Crippen molar-refractivity contribution in [3.63, 3.8) is 0 Å². The summed E-state index contributed by atoms with van der Waals surface area (Å²) < 4.78 is 5.50. The molecule has 0 aromatic heterocycles. The molecule has 0 radical (unpaired) electrons. The number of amides is 1. The summed E-state index contributed by atoms with van der Waals surface area (Å²) in [5.41, 5.74) is 2.10. The molecule has 4 nitrogen and oxygen atoms in total. The smallest absolute Gasteiger partial charge is 0.244 e. The lowest BCUT2D eigenvalue weighted by atomic mass is 10.1. The number of carbonyl (C=O) groups is 1. The third kappa shape index (κ3) is 7.79. The Morgan fingerprint density at radius 1 is 1.08 bits per heavy atom.